The number of hydrogen-bond acceptors (Lipinski definition) is 1. The van der Waals surface area contributed by atoms with Crippen molar-refractivity contribution in [1.82, 2.24) is 10.6 Å². The highest BCUT2D eigenvalue weighted by Crippen LogP contribution is 2.44. The van der Waals surface area contributed by atoms with Gasteiger partial charge in [-0.1, -0.05) is 27.7 Å². The van der Waals surface area contributed by atoms with Gasteiger partial charge in [-0.05, 0) is 30.0 Å². The Morgan fingerprint density at radius 2 is 2.08 bits per heavy atom. The molecule has 76 valence electrons. The summed E-state index contributed by atoms with van der Waals surface area (Å²) in [5.41, 5.74) is 0.448. The normalized spacial score (nSPS) is 24.2. The van der Waals surface area contributed by atoms with Gasteiger partial charge < -0.3 is 10.6 Å². The van der Waals surface area contributed by atoms with Gasteiger partial charge >= 0.3 is 0 Å². The van der Waals surface area contributed by atoms with Crippen molar-refractivity contribution in [1.29, 1.82) is 0 Å². The second-order valence-electron chi connectivity index (χ2n) is 4.99. The molecule has 2 N–H and O–H groups in total. The zero-order valence-corrected chi connectivity index (χ0v) is 9.79. The molecule has 0 aromatic heterocycles. The SMILES string of the molecule is CC(C)CNC(=S)NC1CC1(C)C. The van der Waals surface area contributed by atoms with Crippen LogP contribution in [0.25, 0.3) is 0 Å². The van der Waals surface area contributed by atoms with Crippen LogP contribution < -0.4 is 10.6 Å². The molecule has 0 bridgehead atoms. The summed E-state index contributed by atoms with van der Waals surface area (Å²) in [6.07, 6.45) is 1.23. The molecular formula is C10H20N2S. The molecule has 13 heavy (non-hydrogen) atoms. The zero-order valence-electron chi connectivity index (χ0n) is 8.98. The molecule has 1 fully saturated rings. The number of thiocarbonyl (C=S) groups is 1. The minimum Gasteiger partial charge on any atom is -0.362 e. The maximum absolute atomic E-state index is 5.17. The lowest BCUT2D eigenvalue weighted by Gasteiger charge is -2.12. The third-order valence-electron chi connectivity index (χ3n) is 2.49. The molecule has 0 amide bonds. The minimum absolute atomic E-state index is 0.448. The van der Waals surface area contributed by atoms with Crippen LogP contribution in [0.3, 0.4) is 0 Å². The predicted octanol–water partition coefficient (Wildman–Crippen LogP) is 1.91. The van der Waals surface area contributed by atoms with E-state index in [4.69, 9.17) is 12.2 Å². The van der Waals surface area contributed by atoms with E-state index in [1.54, 1.807) is 0 Å². The molecule has 1 saturated carbocycles. The highest BCUT2D eigenvalue weighted by molar-refractivity contribution is 7.80. The largest absolute Gasteiger partial charge is 0.362 e. The molecule has 3 heteroatoms. The van der Waals surface area contributed by atoms with Crippen molar-refractivity contribution in [2.45, 2.75) is 40.2 Å². The van der Waals surface area contributed by atoms with Gasteiger partial charge in [-0.2, -0.15) is 0 Å². The first kappa shape index (κ1) is 10.8. The summed E-state index contributed by atoms with van der Waals surface area (Å²) in [7, 11) is 0. The molecule has 0 heterocycles. The van der Waals surface area contributed by atoms with Crippen LogP contribution in [0.1, 0.15) is 34.1 Å². The van der Waals surface area contributed by atoms with E-state index in [1.165, 1.54) is 6.42 Å². The average Bonchev–Trinajstić information content (AvgIpc) is 2.54. The Labute approximate surface area is 86.5 Å². The predicted molar refractivity (Wildman–Crippen MR) is 60.8 cm³/mol. The van der Waals surface area contributed by atoms with Crippen molar-refractivity contribution in [3.05, 3.63) is 0 Å². The van der Waals surface area contributed by atoms with Crippen molar-refractivity contribution in [3.63, 3.8) is 0 Å². The van der Waals surface area contributed by atoms with Crippen LogP contribution >= 0.6 is 12.2 Å². The van der Waals surface area contributed by atoms with E-state index in [0.717, 1.165) is 11.7 Å². The van der Waals surface area contributed by atoms with E-state index in [-0.39, 0.29) is 0 Å². The average molecular weight is 200 g/mol. The molecule has 2 nitrogen and oxygen atoms in total. The maximum Gasteiger partial charge on any atom is 0.166 e. The van der Waals surface area contributed by atoms with Gasteiger partial charge in [-0.15, -0.1) is 0 Å². The fourth-order valence-corrected chi connectivity index (χ4v) is 1.45. The van der Waals surface area contributed by atoms with E-state index >= 15 is 0 Å². The Bertz CT molecular complexity index is 199. The third kappa shape index (κ3) is 3.51. The topological polar surface area (TPSA) is 24.1 Å². The molecule has 0 aromatic rings. The van der Waals surface area contributed by atoms with E-state index in [2.05, 4.69) is 38.3 Å². The molecule has 0 spiro atoms. The minimum atomic E-state index is 0.448. The van der Waals surface area contributed by atoms with Gasteiger partial charge in [-0.3, -0.25) is 0 Å². The molecule has 1 aliphatic rings. The van der Waals surface area contributed by atoms with Crippen molar-refractivity contribution < 1.29 is 0 Å². The fraction of sp³-hybridized carbons (Fsp3) is 0.900. The Balaban J connectivity index is 2.13. The summed E-state index contributed by atoms with van der Waals surface area (Å²) in [5.74, 6) is 0.645. The van der Waals surface area contributed by atoms with Gasteiger partial charge in [0, 0.05) is 12.6 Å². The summed E-state index contributed by atoms with van der Waals surface area (Å²) in [4.78, 5) is 0. The molecule has 1 aliphatic carbocycles. The van der Waals surface area contributed by atoms with Gasteiger partial charge in [0.15, 0.2) is 5.11 Å². The van der Waals surface area contributed by atoms with E-state index in [1.807, 2.05) is 0 Å². The number of hydrogen-bond donors (Lipinski definition) is 2. The van der Waals surface area contributed by atoms with Crippen LogP contribution in [0, 0.1) is 11.3 Å². The fourth-order valence-electron chi connectivity index (χ4n) is 1.22. The Hall–Kier alpha value is -0.310. The number of nitrogens with one attached hydrogen (secondary N) is 2. The van der Waals surface area contributed by atoms with E-state index in [0.29, 0.717) is 17.4 Å². The summed E-state index contributed by atoms with van der Waals surface area (Å²) in [6.45, 7) is 9.83. The van der Waals surface area contributed by atoms with Gasteiger partial charge in [0.2, 0.25) is 0 Å². The van der Waals surface area contributed by atoms with Gasteiger partial charge in [0.25, 0.3) is 0 Å². The van der Waals surface area contributed by atoms with Crippen LogP contribution in [0.15, 0.2) is 0 Å². The Morgan fingerprint density at radius 3 is 2.46 bits per heavy atom. The molecule has 1 rings (SSSR count). The molecule has 1 unspecified atom stereocenters. The molecule has 0 saturated heterocycles. The van der Waals surface area contributed by atoms with E-state index in [9.17, 15) is 0 Å². The van der Waals surface area contributed by atoms with Crippen molar-refractivity contribution in [3.8, 4) is 0 Å². The molecule has 1 atom stereocenters. The maximum atomic E-state index is 5.17. The quantitative estimate of drug-likeness (QED) is 0.681. The first-order valence-electron chi connectivity index (χ1n) is 4.96. The van der Waals surface area contributed by atoms with Crippen molar-refractivity contribution in [2.24, 2.45) is 11.3 Å². The highest BCUT2D eigenvalue weighted by Gasteiger charge is 2.45. The van der Waals surface area contributed by atoms with Gasteiger partial charge in [0.1, 0.15) is 0 Å². The lowest BCUT2D eigenvalue weighted by molar-refractivity contribution is 0.582. The summed E-state index contributed by atoms with van der Waals surface area (Å²) in [5, 5.41) is 7.34. The second kappa shape index (κ2) is 3.82. The summed E-state index contributed by atoms with van der Waals surface area (Å²) < 4.78 is 0. The lowest BCUT2D eigenvalue weighted by Crippen LogP contribution is -2.39. The third-order valence-corrected chi connectivity index (χ3v) is 2.75. The Kier molecular flexibility index (Phi) is 3.17. The van der Waals surface area contributed by atoms with Crippen molar-refractivity contribution >= 4 is 17.3 Å². The van der Waals surface area contributed by atoms with Crippen LogP contribution in [-0.4, -0.2) is 17.7 Å². The first-order chi connectivity index (χ1) is 5.92. The monoisotopic (exact) mass is 200 g/mol. The molecule has 0 radical (unpaired) electrons. The van der Waals surface area contributed by atoms with Gasteiger partial charge in [-0.25, -0.2) is 0 Å². The summed E-state index contributed by atoms with van der Waals surface area (Å²) in [6, 6.07) is 0.583. The van der Waals surface area contributed by atoms with Crippen LogP contribution in [0.2, 0.25) is 0 Å². The van der Waals surface area contributed by atoms with Gasteiger partial charge in [0.05, 0.1) is 0 Å². The Morgan fingerprint density at radius 1 is 1.54 bits per heavy atom. The molecule has 0 aromatic carbocycles. The summed E-state index contributed by atoms with van der Waals surface area (Å²) >= 11 is 5.17. The molecular weight excluding hydrogens is 180 g/mol. The zero-order chi connectivity index (χ0) is 10.1. The second-order valence-corrected chi connectivity index (χ2v) is 5.40. The lowest BCUT2D eigenvalue weighted by atomic mass is 10.2. The van der Waals surface area contributed by atoms with Crippen LogP contribution in [0.5, 0.6) is 0 Å². The van der Waals surface area contributed by atoms with Crippen LogP contribution in [0.4, 0.5) is 0 Å². The number of rotatable bonds is 3. The van der Waals surface area contributed by atoms with Crippen molar-refractivity contribution in [2.75, 3.05) is 6.54 Å². The smallest absolute Gasteiger partial charge is 0.166 e. The van der Waals surface area contributed by atoms with E-state index < -0.39 is 0 Å². The first-order valence-corrected chi connectivity index (χ1v) is 5.37. The standard InChI is InChI=1S/C10H20N2S/c1-7(2)6-11-9(13)12-8-5-10(8,3)4/h7-8H,5-6H2,1-4H3,(H2,11,12,13). The molecule has 0 aliphatic heterocycles. The highest BCUT2D eigenvalue weighted by atomic mass is 32.1. The van der Waals surface area contributed by atoms with Crippen LogP contribution in [-0.2, 0) is 0 Å².